The molecule has 1 fully saturated rings. The van der Waals surface area contributed by atoms with Crippen molar-refractivity contribution in [3.8, 4) is 5.75 Å². The lowest BCUT2D eigenvalue weighted by molar-refractivity contribution is 0.122. The Morgan fingerprint density at radius 3 is 2.77 bits per heavy atom. The fraction of sp³-hybridized carbons (Fsp3) is 0.571. The van der Waals surface area contributed by atoms with Gasteiger partial charge >= 0.3 is 0 Å². The Kier molecular flexibility index (Phi) is 5.84. The van der Waals surface area contributed by atoms with E-state index in [1.54, 1.807) is 19.2 Å². The van der Waals surface area contributed by atoms with E-state index in [4.69, 9.17) is 9.47 Å². The zero-order valence-corrected chi connectivity index (χ0v) is 15.1. The van der Waals surface area contributed by atoms with Gasteiger partial charge in [-0.15, -0.1) is 0 Å². The van der Waals surface area contributed by atoms with Crippen molar-refractivity contribution >= 4 is 26.0 Å². The minimum Gasteiger partial charge on any atom is -0.496 e. The zero-order chi connectivity index (χ0) is 16.2. The average molecular weight is 393 g/mol. The van der Waals surface area contributed by atoms with Crippen molar-refractivity contribution in [3.05, 3.63) is 22.7 Å². The number of nitrogens with one attached hydrogen (secondary N) is 2. The van der Waals surface area contributed by atoms with Gasteiger partial charge in [-0.1, -0.05) is 0 Å². The van der Waals surface area contributed by atoms with Crippen LogP contribution in [0.5, 0.6) is 5.75 Å². The number of halogens is 1. The van der Waals surface area contributed by atoms with E-state index < -0.39 is 10.0 Å². The molecular weight excluding hydrogens is 372 g/mol. The van der Waals surface area contributed by atoms with E-state index in [-0.39, 0.29) is 10.4 Å². The molecular formula is C14H21BrN2O4S. The molecule has 1 aliphatic heterocycles. The van der Waals surface area contributed by atoms with Crippen molar-refractivity contribution < 1.29 is 17.9 Å². The first-order valence-corrected chi connectivity index (χ1v) is 9.27. The summed E-state index contributed by atoms with van der Waals surface area (Å²) in [6.45, 7) is 1.64. The van der Waals surface area contributed by atoms with E-state index in [0.717, 1.165) is 19.4 Å². The molecule has 1 saturated heterocycles. The van der Waals surface area contributed by atoms with Crippen molar-refractivity contribution in [3.63, 3.8) is 0 Å². The van der Waals surface area contributed by atoms with Gasteiger partial charge in [-0.2, -0.15) is 0 Å². The van der Waals surface area contributed by atoms with Crippen LogP contribution in [0.1, 0.15) is 12.8 Å². The monoisotopic (exact) mass is 392 g/mol. The molecule has 1 atom stereocenters. The van der Waals surface area contributed by atoms with E-state index in [1.807, 2.05) is 0 Å². The highest BCUT2D eigenvalue weighted by Gasteiger charge is 2.34. The second kappa shape index (κ2) is 7.27. The van der Waals surface area contributed by atoms with Gasteiger partial charge in [0.15, 0.2) is 0 Å². The minimum atomic E-state index is -3.60. The van der Waals surface area contributed by atoms with E-state index >= 15 is 0 Å². The predicted molar refractivity (Wildman–Crippen MR) is 87.7 cm³/mol. The second-order valence-electron chi connectivity index (χ2n) is 5.36. The van der Waals surface area contributed by atoms with Gasteiger partial charge < -0.3 is 14.8 Å². The highest BCUT2D eigenvalue weighted by atomic mass is 79.9. The summed E-state index contributed by atoms with van der Waals surface area (Å²) < 4.78 is 38.7. The van der Waals surface area contributed by atoms with Gasteiger partial charge in [0.25, 0.3) is 0 Å². The number of hydrogen-bond donors (Lipinski definition) is 2. The summed E-state index contributed by atoms with van der Waals surface area (Å²) in [5, 5.41) is 3.34. The summed E-state index contributed by atoms with van der Waals surface area (Å²) in [5.74, 6) is 0.480. The van der Waals surface area contributed by atoms with Crippen LogP contribution in [-0.2, 0) is 14.8 Å². The zero-order valence-electron chi connectivity index (χ0n) is 12.7. The fourth-order valence-corrected chi connectivity index (χ4v) is 4.14. The van der Waals surface area contributed by atoms with Crippen molar-refractivity contribution in [2.45, 2.75) is 23.3 Å². The molecule has 8 heteroatoms. The van der Waals surface area contributed by atoms with Crippen LogP contribution in [0.15, 0.2) is 27.6 Å². The topological polar surface area (TPSA) is 76.7 Å². The molecule has 0 amide bonds. The molecule has 0 radical (unpaired) electrons. The number of benzene rings is 1. The van der Waals surface area contributed by atoms with E-state index in [0.29, 0.717) is 23.4 Å². The lowest BCUT2D eigenvalue weighted by atomic mass is 9.99. The molecule has 22 heavy (non-hydrogen) atoms. The molecule has 1 heterocycles. The first-order valence-electron chi connectivity index (χ1n) is 7.00. The summed E-state index contributed by atoms with van der Waals surface area (Å²) in [7, 11) is -0.479. The van der Waals surface area contributed by atoms with Gasteiger partial charge in [-0.3, -0.25) is 0 Å². The summed E-state index contributed by atoms with van der Waals surface area (Å²) in [4.78, 5) is 0.179. The maximum atomic E-state index is 12.5. The highest BCUT2D eigenvalue weighted by molar-refractivity contribution is 9.10. The summed E-state index contributed by atoms with van der Waals surface area (Å²) in [6, 6.07) is 4.70. The Balaban J connectivity index is 2.14. The van der Waals surface area contributed by atoms with Crippen LogP contribution in [0, 0.1) is 0 Å². The summed E-state index contributed by atoms with van der Waals surface area (Å²) in [5.41, 5.74) is -0.332. The third-order valence-electron chi connectivity index (χ3n) is 3.79. The summed E-state index contributed by atoms with van der Waals surface area (Å²) >= 11 is 3.31. The van der Waals surface area contributed by atoms with Crippen molar-refractivity contribution in [1.29, 1.82) is 0 Å². The molecule has 2 rings (SSSR count). The van der Waals surface area contributed by atoms with Crippen LogP contribution in [0.2, 0.25) is 0 Å². The molecule has 1 aromatic rings. The molecule has 0 aromatic heterocycles. The van der Waals surface area contributed by atoms with Gasteiger partial charge in [0.2, 0.25) is 10.0 Å². The van der Waals surface area contributed by atoms with Gasteiger partial charge in [-0.05, 0) is 47.4 Å². The molecule has 124 valence electrons. The first kappa shape index (κ1) is 17.7. The van der Waals surface area contributed by atoms with E-state index in [9.17, 15) is 8.42 Å². The van der Waals surface area contributed by atoms with Gasteiger partial charge in [0.1, 0.15) is 5.75 Å². The van der Waals surface area contributed by atoms with Gasteiger partial charge in [0.05, 0.1) is 28.6 Å². The lowest BCUT2D eigenvalue weighted by Crippen LogP contribution is -2.52. The lowest BCUT2D eigenvalue weighted by Gasteiger charge is -2.28. The van der Waals surface area contributed by atoms with Crippen LogP contribution in [0.4, 0.5) is 0 Å². The van der Waals surface area contributed by atoms with Crippen molar-refractivity contribution in [2.24, 2.45) is 0 Å². The fourth-order valence-electron chi connectivity index (χ4n) is 2.59. The quantitative estimate of drug-likeness (QED) is 0.735. The number of rotatable bonds is 7. The maximum absolute atomic E-state index is 12.5. The van der Waals surface area contributed by atoms with Gasteiger partial charge in [0, 0.05) is 19.7 Å². The highest BCUT2D eigenvalue weighted by Crippen LogP contribution is 2.28. The Morgan fingerprint density at radius 1 is 1.41 bits per heavy atom. The van der Waals surface area contributed by atoms with Gasteiger partial charge in [-0.25, -0.2) is 13.1 Å². The summed E-state index contributed by atoms with van der Waals surface area (Å²) in [6.07, 6.45) is 1.89. The smallest absolute Gasteiger partial charge is 0.240 e. The molecule has 1 aliphatic rings. The minimum absolute atomic E-state index is 0.179. The SMILES string of the molecule is COCC1(CNS(=O)(=O)c2ccc(Br)c(OC)c2)CCCN1. The molecule has 0 aliphatic carbocycles. The van der Waals surface area contributed by atoms with E-state index in [1.165, 1.54) is 13.2 Å². The predicted octanol–water partition coefficient (Wildman–Crippen LogP) is 1.50. The third kappa shape index (κ3) is 3.99. The molecule has 2 N–H and O–H groups in total. The molecule has 0 bridgehead atoms. The molecule has 0 saturated carbocycles. The van der Waals surface area contributed by atoms with Crippen LogP contribution >= 0.6 is 15.9 Å². The Labute approximate surface area is 139 Å². The van der Waals surface area contributed by atoms with Crippen molar-refractivity contribution in [1.82, 2.24) is 10.0 Å². The number of ether oxygens (including phenoxy) is 2. The Hall–Kier alpha value is -0.670. The maximum Gasteiger partial charge on any atom is 0.240 e. The second-order valence-corrected chi connectivity index (χ2v) is 7.99. The number of sulfonamides is 1. The largest absolute Gasteiger partial charge is 0.496 e. The van der Waals surface area contributed by atoms with Crippen LogP contribution < -0.4 is 14.8 Å². The first-order chi connectivity index (χ1) is 10.4. The Morgan fingerprint density at radius 2 is 2.18 bits per heavy atom. The Bertz CT molecular complexity index is 615. The molecule has 1 aromatic carbocycles. The van der Waals surface area contributed by atoms with Crippen LogP contribution in [-0.4, -0.2) is 47.9 Å². The number of methoxy groups -OCH3 is 2. The van der Waals surface area contributed by atoms with E-state index in [2.05, 4.69) is 26.0 Å². The molecule has 6 nitrogen and oxygen atoms in total. The third-order valence-corrected chi connectivity index (χ3v) is 5.84. The standard InChI is InChI=1S/C14H21BrN2O4S/c1-20-10-14(6-3-7-16-14)9-17-22(18,19)11-4-5-12(15)13(8-11)21-2/h4-5,8,16-17H,3,6-7,9-10H2,1-2H3. The average Bonchev–Trinajstić information content (AvgIpc) is 2.95. The van der Waals surface area contributed by atoms with Crippen molar-refractivity contribution in [2.75, 3.05) is 33.9 Å². The van der Waals surface area contributed by atoms with Crippen LogP contribution in [0.25, 0.3) is 0 Å². The molecule has 1 unspecified atom stereocenters. The number of hydrogen-bond acceptors (Lipinski definition) is 5. The molecule has 0 spiro atoms. The normalized spacial score (nSPS) is 22.0. The van der Waals surface area contributed by atoms with Crippen LogP contribution in [0.3, 0.4) is 0 Å².